The molecule has 0 aliphatic heterocycles. The SMILES string of the molecule is CC(C)c1ccn2cnc(C(C)C)c2n1. The highest BCUT2D eigenvalue weighted by atomic mass is 15.1. The first-order valence-corrected chi connectivity index (χ1v) is 5.43. The summed E-state index contributed by atoms with van der Waals surface area (Å²) in [7, 11) is 0. The first-order valence-electron chi connectivity index (χ1n) is 5.43. The molecule has 0 saturated carbocycles. The van der Waals surface area contributed by atoms with Crippen LogP contribution in [0.25, 0.3) is 5.65 Å². The Morgan fingerprint density at radius 2 is 1.87 bits per heavy atom. The zero-order chi connectivity index (χ0) is 11.0. The Labute approximate surface area is 90.2 Å². The zero-order valence-corrected chi connectivity index (χ0v) is 9.73. The molecule has 80 valence electrons. The fourth-order valence-electron chi connectivity index (χ4n) is 1.64. The van der Waals surface area contributed by atoms with E-state index in [4.69, 9.17) is 0 Å². The predicted molar refractivity (Wildman–Crippen MR) is 61.2 cm³/mol. The van der Waals surface area contributed by atoms with Crippen LogP contribution in [0.5, 0.6) is 0 Å². The van der Waals surface area contributed by atoms with Gasteiger partial charge in [-0.05, 0) is 17.9 Å². The molecule has 2 heterocycles. The molecule has 0 radical (unpaired) electrons. The van der Waals surface area contributed by atoms with Gasteiger partial charge in [0.25, 0.3) is 0 Å². The lowest BCUT2D eigenvalue weighted by atomic mass is 10.1. The number of imidazole rings is 1. The molecule has 3 nitrogen and oxygen atoms in total. The Hall–Kier alpha value is -1.38. The second-order valence-corrected chi connectivity index (χ2v) is 4.52. The molecule has 0 spiro atoms. The Morgan fingerprint density at radius 1 is 1.13 bits per heavy atom. The van der Waals surface area contributed by atoms with Gasteiger partial charge in [-0.25, -0.2) is 9.97 Å². The lowest BCUT2D eigenvalue weighted by Crippen LogP contribution is -1.98. The van der Waals surface area contributed by atoms with Gasteiger partial charge in [-0.1, -0.05) is 27.7 Å². The van der Waals surface area contributed by atoms with Gasteiger partial charge >= 0.3 is 0 Å². The van der Waals surface area contributed by atoms with Crippen molar-refractivity contribution in [2.24, 2.45) is 0 Å². The molecule has 0 fully saturated rings. The van der Waals surface area contributed by atoms with Crippen molar-refractivity contribution in [3.05, 3.63) is 30.0 Å². The lowest BCUT2D eigenvalue weighted by Gasteiger charge is -2.06. The minimum Gasteiger partial charge on any atom is -0.290 e. The molecule has 0 atom stereocenters. The van der Waals surface area contributed by atoms with Crippen LogP contribution in [-0.2, 0) is 0 Å². The van der Waals surface area contributed by atoms with Crippen LogP contribution in [0.3, 0.4) is 0 Å². The van der Waals surface area contributed by atoms with E-state index in [0.717, 1.165) is 17.0 Å². The van der Waals surface area contributed by atoms with Gasteiger partial charge in [-0.3, -0.25) is 4.40 Å². The summed E-state index contributed by atoms with van der Waals surface area (Å²) in [5.74, 6) is 0.884. The lowest BCUT2D eigenvalue weighted by molar-refractivity contribution is 0.808. The van der Waals surface area contributed by atoms with Crippen LogP contribution in [0.2, 0.25) is 0 Å². The van der Waals surface area contributed by atoms with E-state index in [-0.39, 0.29) is 0 Å². The summed E-state index contributed by atoms with van der Waals surface area (Å²) < 4.78 is 1.99. The van der Waals surface area contributed by atoms with Crippen LogP contribution < -0.4 is 0 Å². The second-order valence-electron chi connectivity index (χ2n) is 4.52. The number of nitrogens with zero attached hydrogens (tertiary/aromatic N) is 3. The maximum atomic E-state index is 4.66. The van der Waals surface area contributed by atoms with Crippen molar-refractivity contribution in [3.8, 4) is 0 Å². The molecule has 0 bridgehead atoms. The second kappa shape index (κ2) is 3.65. The van der Waals surface area contributed by atoms with Crippen molar-refractivity contribution in [3.63, 3.8) is 0 Å². The quantitative estimate of drug-likeness (QED) is 0.751. The van der Waals surface area contributed by atoms with Gasteiger partial charge in [-0.15, -0.1) is 0 Å². The Balaban J connectivity index is 2.61. The van der Waals surface area contributed by atoms with Gasteiger partial charge in [-0.2, -0.15) is 0 Å². The number of rotatable bonds is 2. The largest absolute Gasteiger partial charge is 0.290 e. The van der Waals surface area contributed by atoms with Crippen molar-refractivity contribution in [1.29, 1.82) is 0 Å². The van der Waals surface area contributed by atoms with Crippen LogP contribution in [-0.4, -0.2) is 14.4 Å². The highest BCUT2D eigenvalue weighted by molar-refractivity contribution is 5.46. The fourth-order valence-corrected chi connectivity index (χ4v) is 1.64. The van der Waals surface area contributed by atoms with Crippen molar-refractivity contribution < 1.29 is 0 Å². The van der Waals surface area contributed by atoms with E-state index in [1.807, 2.05) is 16.9 Å². The summed E-state index contributed by atoms with van der Waals surface area (Å²) in [5.41, 5.74) is 3.21. The molecule has 0 saturated heterocycles. The molecule has 0 unspecified atom stereocenters. The van der Waals surface area contributed by atoms with Crippen LogP contribution in [0, 0.1) is 0 Å². The first-order chi connectivity index (χ1) is 7.09. The van der Waals surface area contributed by atoms with E-state index >= 15 is 0 Å². The van der Waals surface area contributed by atoms with Gasteiger partial charge in [0.2, 0.25) is 0 Å². The molecule has 0 aliphatic carbocycles. The highest BCUT2D eigenvalue weighted by Gasteiger charge is 2.11. The van der Waals surface area contributed by atoms with Gasteiger partial charge in [0.1, 0.15) is 6.33 Å². The molecule has 0 amide bonds. The minimum atomic E-state index is 0.421. The van der Waals surface area contributed by atoms with E-state index < -0.39 is 0 Å². The molecule has 0 N–H and O–H groups in total. The molecular formula is C12H17N3. The standard InChI is InChI=1S/C12H17N3/c1-8(2)10-5-6-15-7-13-11(9(3)4)12(15)14-10/h5-9H,1-4H3. The summed E-state index contributed by atoms with van der Waals surface area (Å²) in [5, 5.41) is 0. The van der Waals surface area contributed by atoms with Gasteiger partial charge in [0.15, 0.2) is 5.65 Å². The summed E-state index contributed by atoms with van der Waals surface area (Å²) in [4.78, 5) is 9.05. The maximum Gasteiger partial charge on any atom is 0.160 e. The Kier molecular flexibility index (Phi) is 2.47. The van der Waals surface area contributed by atoms with E-state index in [1.165, 1.54) is 0 Å². The average molecular weight is 203 g/mol. The van der Waals surface area contributed by atoms with E-state index in [1.54, 1.807) is 0 Å². The zero-order valence-electron chi connectivity index (χ0n) is 9.73. The molecule has 2 aromatic rings. The third-order valence-electron chi connectivity index (χ3n) is 2.57. The topological polar surface area (TPSA) is 30.2 Å². The van der Waals surface area contributed by atoms with E-state index in [0.29, 0.717) is 11.8 Å². The predicted octanol–water partition coefficient (Wildman–Crippen LogP) is 2.98. The number of aromatic nitrogens is 3. The van der Waals surface area contributed by atoms with Crippen LogP contribution in [0.1, 0.15) is 50.9 Å². The molecule has 2 rings (SSSR count). The molecule has 0 aliphatic rings. The molecule has 3 heteroatoms. The van der Waals surface area contributed by atoms with Gasteiger partial charge in [0.05, 0.1) is 5.69 Å². The molecule has 2 aromatic heterocycles. The fraction of sp³-hybridized carbons (Fsp3) is 0.500. The van der Waals surface area contributed by atoms with E-state index in [9.17, 15) is 0 Å². The summed E-state index contributed by atoms with van der Waals surface area (Å²) in [6, 6.07) is 2.06. The monoisotopic (exact) mass is 203 g/mol. The molecular weight excluding hydrogens is 186 g/mol. The summed E-state index contributed by atoms with van der Waals surface area (Å²) in [6.45, 7) is 8.60. The van der Waals surface area contributed by atoms with Crippen molar-refractivity contribution in [2.75, 3.05) is 0 Å². The number of hydrogen-bond acceptors (Lipinski definition) is 2. The van der Waals surface area contributed by atoms with Crippen molar-refractivity contribution in [2.45, 2.75) is 39.5 Å². The van der Waals surface area contributed by atoms with Crippen molar-refractivity contribution >= 4 is 5.65 Å². The summed E-state index contributed by atoms with van der Waals surface area (Å²) in [6.07, 6.45) is 3.87. The smallest absolute Gasteiger partial charge is 0.160 e. The normalized spacial score (nSPS) is 11.9. The third-order valence-corrected chi connectivity index (χ3v) is 2.57. The van der Waals surface area contributed by atoms with Gasteiger partial charge in [0, 0.05) is 11.9 Å². The maximum absolute atomic E-state index is 4.66. The number of hydrogen-bond donors (Lipinski definition) is 0. The summed E-state index contributed by atoms with van der Waals surface area (Å²) >= 11 is 0. The van der Waals surface area contributed by atoms with Crippen LogP contribution in [0.15, 0.2) is 18.6 Å². The van der Waals surface area contributed by atoms with Crippen LogP contribution >= 0.6 is 0 Å². The van der Waals surface area contributed by atoms with Crippen molar-refractivity contribution in [1.82, 2.24) is 14.4 Å². The average Bonchev–Trinajstić information content (AvgIpc) is 2.59. The van der Waals surface area contributed by atoms with E-state index in [2.05, 4.69) is 43.7 Å². The Morgan fingerprint density at radius 3 is 2.47 bits per heavy atom. The van der Waals surface area contributed by atoms with Crippen LogP contribution in [0.4, 0.5) is 0 Å². The third kappa shape index (κ3) is 1.74. The highest BCUT2D eigenvalue weighted by Crippen LogP contribution is 2.19. The minimum absolute atomic E-state index is 0.421. The number of fused-ring (bicyclic) bond motifs is 1. The molecule has 0 aromatic carbocycles. The van der Waals surface area contributed by atoms with Gasteiger partial charge < -0.3 is 0 Å². The Bertz CT molecular complexity index is 469. The first kappa shape index (κ1) is 10.1. The molecule has 15 heavy (non-hydrogen) atoms.